The molecule has 5 nitrogen and oxygen atoms in total. The number of rotatable bonds is 2. The first-order chi connectivity index (χ1) is 6.73. The Kier molecular flexibility index (Phi) is 2.69. The van der Waals surface area contributed by atoms with Crippen molar-refractivity contribution in [1.29, 1.82) is 0 Å². The fourth-order valence-electron chi connectivity index (χ4n) is 0.982. The van der Waals surface area contributed by atoms with Gasteiger partial charge in [0.1, 0.15) is 6.20 Å². The van der Waals surface area contributed by atoms with Crippen molar-refractivity contribution >= 4 is 5.69 Å². The Bertz CT molecular complexity index is 383. The van der Waals surface area contributed by atoms with Gasteiger partial charge in [-0.1, -0.05) is 0 Å². The van der Waals surface area contributed by atoms with Gasteiger partial charge in [0.25, 0.3) is 0 Å². The lowest BCUT2D eigenvalue weighted by atomic mass is 10.3. The molecule has 0 amide bonds. The van der Waals surface area contributed by atoms with E-state index in [-0.39, 0.29) is 6.04 Å². The standard InChI is InChI=1S/C7H8F3N3O2/c1-4(2)12-3-5(13(14)15)6(11-12)7(8,9)10/h3-4H,1-2H3. The summed E-state index contributed by atoms with van der Waals surface area (Å²) in [6, 6.07) is -0.361. The molecule has 84 valence electrons. The van der Waals surface area contributed by atoms with Crippen LogP contribution in [0.3, 0.4) is 0 Å². The normalized spacial score (nSPS) is 12.1. The van der Waals surface area contributed by atoms with Crippen LogP contribution in [0.1, 0.15) is 25.6 Å². The lowest BCUT2D eigenvalue weighted by Gasteiger charge is -2.03. The fourth-order valence-corrected chi connectivity index (χ4v) is 0.982. The summed E-state index contributed by atoms with van der Waals surface area (Å²) in [5, 5.41) is 13.5. The summed E-state index contributed by atoms with van der Waals surface area (Å²) in [6.07, 6.45) is -4.02. The lowest BCUT2D eigenvalue weighted by molar-refractivity contribution is -0.388. The third kappa shape index (κ3) is 2.25. The maximum absolute atomic E-state index is 12.3. The Hall–Kier alpha value is -1.60. The SMILES string of the molecule is CC(C)n1cc([N+](=O)[O-])c(C(F)(F)F)n1. The molecule has 0 aromatic carbocycles. The fraction of sp³-hybridized carbons (Fsp3) is 0.571. The first kappa shape index (κ1) is 11.5. The largest absolute Gasteiger partial charge is 0.442 e. The molecule has 0 spiro atoms. The van der Waals surface area contributed by atoms with E-state index in [1.807, 2.05) is 0 Å². The quantitative estimate of drug-likeness (QED) is 0.571. The van der Waals surface area contributed by atoms with Gasteiger partial charge >= 0.3 is 11.9 Å². The van der Waals surface area contributed by atoms with E-state index < -0.39 is 22.5 Å². The van der Waals surface area contributed by atoms with Gasteiger partial charge in [0.15, 0.2) is 0 Å². The molecule has 1 heterocycles. The van der Waals surface area contributed by atoms with Gasteiger partial charge in [0.2, 0.25) is 5.69 Å². The van der Waals surface area contributed by atoms with Crippen molar-refractivity contribution in [2.24, 2.45) is 0 Å². The molecule has 0 aliphatic carbocycles. The zero-order valence-corrected chi connectivity index (χ0v) is 7.95. The van der Waals surface area contributed by atoms with E-state index in [9.17, 15) is 23.3 Å². The Balaban J connectivity index is 3.30. The molecule has 0 saturated heterocycles. The van der Waals surface area contributed by atoms with Crippen molar-refractivity contribution in [3.63, 3.8) is 0 Å². The molecular formula is C7H8F3N3O2. The minimum atomic E-state index is -4.80. The molecule has 0 bridgehead atoms. The van der Waals surface area contributed by atoms with Gasteiger partial charge < -0.3 is 0 Å². The topological polar surface area (TPSA) is 61.0 Å². The summed E-state index contributed by atoms with van der Waals surface area (Å²) < 4.78 is 37.8. The van der Waals surface area contributed by atoms with Crippen molar-refractivity contribution in [1.82, 2.24) is 9.78 Å². The van der Waals surface area contributed by atoms with E-state index in [2.05, 4.69) is 5.10 Å². The second-order valence-corrected chi connectivity index (χ2v) is 3.19. The number of halogens is 3. The van der Waals surface area contributed by atoms with Gasteiger partial charge in [-0.2, -0.15) is 18.3 Å². The number of nitro groups is 1. The second-order valence-electron chi connectivity index (χ2n) is 3.19. The third-order valence-electron chi connectivity index (χ3n) is 1.71. The number of hydrogen-bond donors (Lipinski definition) is 0. The van der Waals surface area contributed by atoms with Gasteiger partial charge in [-0.15, -0.1) is 0 Å². The third-order valence-corrected chi connectivity index (χ3v) is 1.71. The van der Waals surface area contributed by atoms with E-state index in [0.717, 1.165) is 10.9 Å². The van der Waals surface area contributed by atoms with Crippen LogP contribution < -0.4 is 0 Å². The summed E-state index contributed by atoms with van der Waals surface area (Å²) in [5.41, 5.74) is -2.47. The van der Waals surface area contributed by atoms with E-state index in [1.54, 1.807) is 13.8 Å². The Morgan fingerprint density at radius 2 is 2.07 bits per heavy atom. The second kappa shape index (κ2) is 3.52. The Morgan fingerprint density at radius 3 is 2.33 bits per heavy atom. The van der Waals surface area contributed by atoms with Crippen LogP contribution in [0.15, 0.2) is 6.20 Å². The van der Waals surface area contributed by atoms with Crippen LogP contribution in [0.5, 0.6) is 0 Å². The van der Waals surface area contributed by atoms with E-state index in [0.29, 0.717) is 0 Å². The summed E-state index contributed by atoms with van der Waals surface area (Å²) in [4.78, 5) is 9.27. The molecule has 1 aromatic heterocycles. The molecule has 0 saturated carbocycles. The highest BCUT2D eigenvalue weighted by Crippen LogP contribution is 2.35. The molecule has 0 aliphatic rings. The molecular weight excluding hydrogens is 215 g/mol. The van der Waals surface area contributed by atoms with Crippen molar-refractivity contribution in [3.05, 3.63) is 22.0 Å². The van der Waals surface area contributed by atoms with Crippen LogP contribution in [-0.4, -0.2) is 14.7 Å². The van der Waals surface area contributed by atoms with Gasteiger partial charge in [-0.05, 0) is 13.8 Å². The average Bonchev–Trinajstić information content (AvgIpc) is 2.45. The van der Waals surface area contributed by atoms with Crippen molar-refractivity contribution in [3.8, 4) is 0 Å². The van der Waals surface area contributed by atoms with Crippen LogP contribution >= 0.6 is 0 Å². The number of nitrogens with zero attached hydrogens (tertiary/aromatic N) is 3. The average molecular weight is 223 g/mol. The highest BCUT2D eigenvalue weighted by atomic mass is 19.4. The highest BCUT2D eigenvalue weighted by molar-refractivity contribution is 5.34. The highest BCUT2D eigenvalue weighted by Gasteiger charge is 2.42. The van der Waals surface area contributed by atoms with Crippen molar-refractivity contribution in [2.75, 3.05) is 0 Å². The minimum absolute atomic E-state index is 0.361. The number of hydrogen-bond acceptors (Lipinski definition) is 3. The molecule has 1 aromatic rings. The van der Waals surface area contributed by atoms with Gasteiger partial charge in [-0.25, -0.2) is 0 Å². The summed E-state index contributed by atoms with van der Waals surface area (Å²) in [5.74, 6) is 0. The number of aromatic nitrogens is 2. The molecule has 8 heteroatoms. The predicted molar refractivity (Wildman–Crippen MR) is 44.3 cm³/mol. The first-order valence-corrected chi connectivity index (χ1v) is 4.04. The zero-order valence-electron chi connectivity index (χ0n) is 7.95. The minimum Gasteiger partial charge on any atom is -0.262 e. The molecule has 0 unspecified atom stereocenters. The predicted octanol–water partition coefficient (Wildman–Crippen LogP) is 2.39. The lowest BCUT2D eigenvalue weighted by Crippen LogP contribution is -2.10. The maximum Gasteiger partial charge on any atom is 0.442 e. The van der Waals surface area contributed by atoms with Gasteiger partial charge in [0, 0.05) is 6.04 Å². The van der Waals surface area contributed by atoms with Crippen LogP contribution in [0, 0.1) is 10.1 Å². The van der Waals surface area contributed by atoms with Crippen LogP contribution in [0.4, 0.5) is 18.9 Å². The smallest absolute Gasteiger partial charge is 0.262 e. The molecule has 0 atom stereocenters. The van der Waals surface area contributed by atoms with Gasteiger partial charge in [0.05, 0.1) is 4.92 Å². The maximum atomic E-state index is 12.3. The number of alkyl halides is 3. The van der Waals surface area contributed by atoms with Crippen LogP contribution in [0.25, 0.3) is 0 Å². The van der Waals surface area contributed by atoms with Crippen LogP contribution in [-0.2, 0) is 6.18 Å². The Labute approximate surface area is 82.6 Å². The molecule has 15 heavy (non-hydrogen) atoms. The molecule has 0 fully saturated rings. The Morgan fingerprint density at radius 1 is 1.53 bits per heavy atom. The van der Waals surface area contributed by atoms with Crippen LogP contribution in [0.2, 0.25) is 0 Å². The van der Waals surface area contributed by atoms with Crippen molar-refractivity contribution in [2.45, 2.75) is 26.1 Å². The summed E-state index contributed by atoms with van der Waals surface area (Å²) in [7, 11) is 0. The van der Waals surface area contributed by atoms with Crippen molar-refractivity contribution < 1.29 is 18.1 Å². The summed E-state index contributed by atoms with van der Waals surface area (Å²) >= 11 is 0. The van der Waals surface area contributed by atoms with E-state index in [4.69, 9.17) is 0 Å². The summed E-state index contributed by atoms with van der Waals surface area (Å²) in [6.45, 7) is 3.16. The molecule has 0 N–H and O–H groups in total. The monoisotopic (exact) mass is 223 g/mol. The molecule has 0 aliphatic heterocycles. The first-order valence-electron chi connectivity index (χ1n) is 4.04. The molecule has 0 radical (unpaired) electrons. The van der Waals surface area contributed by atoms with E-state index >= 15 is 0 Å². The molecule has 1 rings (SSSR count). The van der Waals surface area contributed by atoms with E-state index in [1.165, 1.54) is 0 Å². The van der Waals surface area contributed by atoms with Gasteiger partial charge in [-0.3, -0.25) is 14.8 Å². The zero-order chi connectivity index (χ0) is 11.8.